The molecular formula is C10H7FN2OS. The van der Waals surface area contributed by atoms with Crippen molar-refractivity contribution < 1.29 is 9.18 Å². The van der Waals surface area contributed by atoms with E-state index in [1.807, 2.05) is 0 Å². The molecule has 0 aliphatic rings. The number of rotatable bonds is 2. The van der Waals surface area contributed by atoms with E-state index in [1.54, 1.807) is 12.1 Å². The lowest BCUT2D eigenvalue weighted by Crippen LogP contribution is -2.08. The van der Waals surface area contributed by atoms with Crippen LogP contribution in [0.25, 0.3) is 10.6 Å². The quantitative estimate of drug-likeness (QED) is 0.845. The number of hydrogen-bond donors (Lipinski definition) is 1. The number of hydrogen-bond acceptors (Lipinski definition) is 3. The molecule has 0 saturated heterocycles. The molecule has 1 aromatic heterocycles. The van der Waals surface area contributed by atoms with Crippen molar-refractivity contribution in [1.82, 2.24) is 4.98 Å². The van der Waals surface area contributed by atoms with Gasteiger partial charge in [-0.25, -0.2) is 9.37 Å². The van der Waals surface area contributed by atoms with Crippen LogP contribution in [-0.4, -0.2) is 10.9 Å². The lowest BCUT2D eigenvalue weighted by molar-refractivity contribution is 0.100. The van der Waals surface area contributed by atoms with Gasteiger partial charge in [-0.05, 0) is 12.1 Å². The van der Waals surface area contributed by atoms with Crippen LogP contribution in [0.2, 0.25) is 0 Å². The Morgan fingerprint density at radius 2 is 2.27 bits per heavy atom. The van der Waals surface area contributed by atoms with Crippen LogP contribution in [0.4, 0.5) is 4.39 Å². The summed E-state index contributed by atoms with van der Waals surface area (Å²) in [7, 11) is 0. The predicted molar refractivity (Wildman–Crippen MR) is 56.0 cm³/mol. The molecule has 2 N–H and O–H groups in total. The summed E-state index contributed by atoms with van der Waals surface area (Å²) < 4.78 is 12.9. The minimum absolute atomic E-state index is 0.330. The standard InChI is InChI=1S/C10H7FN2OS/c11-7-3-1-2-6(4-7)10-13-5-8(15-10)9(12)14/h1-5H,(H2,12,14). The summed E-state index contributed by atoms with van der Waals surface area (Å²) in [5.41, 5.74) is 5.74. The van der Waals surface area contributed by atoms with Crippen molar-refractivity contribution >= 4 is 17.2 Å². The van der Waals surface area contributed by atoms with Crippen LogP contribution in [0.3, 0.4) is 0 Å². The van der Waals surface area contributed by atoms with E-state index in [4.69, 9.17) is 5.73 Å². The molecule has 0 bridgehead atoms. The number of carbonyl (C=O) groups excluding carboxylic acids is 1. The second kappa shape index (κ2) is 3.78. The van der Waals surface area contributed by atoms with Gasteiger partial charge in [0.2, 0.25) is 0 Å². The highest BCUT2D eigenvalue weighted by atomic mass is 32.1. The maximum Gasteiger partial charge on any atom is 0.260 e. The first-order valence-corrected chi connectivity index (χ1v) is 5.00. The molecule has 2 aromatic rings. The van der Waals surface area contributed by atoms with Crippen molar-refractivity contribution in [3.05, 3.63) is 41.2 Å². The van der Waals surface area contributed by atoms with E-state index >= 15 is 0 Å². The smallest absolute Gasteiger partial charge is 0.260 e. The van der Waals surface area contributed by atoms with Gasteiger partial charge in [0.15, 0.2) is 0 Å². The number of aromatic nitrogens is 1. The fourth-order valence-electron chi connectivity index (χ4n) is 1.14. The summed E-state index contributed by atoms with van der Waals surface area (Å²) >= 11 is 1.15. The summed E-state index contributed by atoms with van der Waals surface area (Å²) in [6.07, 6.45) is 1.40. The van der Waals surface area contributed by atoms with Gasteiger partial charge in [0.05, 0.1) is 6.20 Å². The Labute approximate surface area is 89.4 Å². The molecule has 0 fully saturated rings. The first-order valence-electron chi connectivity index (χ1n) is 4.18. The molecule has 15 heavy (non-hydrogen) atoms. The fourth-order valence-corrected chi connectivity index (χ4v) is 1.91. The SMILES string of the molecule is NC(=O)c1cnc(-c2cccc(F)c2)s1. The van der Waals surface area contributed by atoms with E-state index in [2.05, 4.69) is 4.98 Å². The summed E-state index contributed by atoms with van der Waals surface area (Å²) in [6.45, 7) is 0. The Bertz CT molecular complexity index is 510. The van der Waals surface area contributed by atoms with Gasteiger partial charge in [0, 0.05) is 5.56 Å². The van der Waals surface area contributed by atoms with Gasteiger partial charge >= 0.3 is 0 Å². The zero-order valence-corrected chi connectivity index (χ0v) is 8.42. The minimum Gasteiger partial charge on any atom is -0.365 e. The first kappa shape index (κ1) is 9.79. The van der Waals surface area contributed by atoms with Crippen molar-refractivity contribution in [2.24, 2.45) is 5.73 Å². The van der Waals surface area contributed by atoms with E-state index < -0.39 is 5.91 Å². The Morgan fingerprint density at radius 3 is 2.87 bits per heavy atom. The third-order valence-electron chi connectivity index (χ3n) is 1.82. The molecule has 0 saturated carbocycles. The second-order valence-electron chi connectivity index (χ2n) is 2.90. The third kappa shape index (κ3) is 2.02. The molecule has 0 aliphatic heterocycles. The van der Waals surface area contributed by atoms with Gasteiger partial charge in [-0.1, -0.05) is 12.1 Å². The average molecular weight is 222 g/mol. The minimum atomic E-state index is -0.518. The summed E-state index contributed by atoms with van der Waals surface area (Å²) in [6, 6.07) is 6.04. The first-order chi connectivity index (χ1) is 7.16. The van der Waals surface area contributed by atoms with Crippen LogP contribution in [0.15, 0.2) is 30.5 Å². The Morgan fingerprint density at radius 1 is 1.47 bits per heavy atom. The Hall–Kier alpha value is -1.75. The Balaban J connectivity index is 2.41. The van der Waals surface area contributed by atoms with Crippen LogP contribution < -0.4 is 5.73 Å². The third-order valence-corrected chi connectivity index (χ3v) is 2.88. The number of nitrogens with zero attached hydrogens (tertiary/aromatic N) is 1. The van der Waals surface area contributed by atoms with E-state index in [9.17, 15) is 9.18 Å². The van der Waals surface area contributed by atoms with Gasteiger partial charge < -0.3 is 5.73 Å². The molecule has 0 unspecified atom stereocenters. The molecule has 2 rings (SSSR count). The second-order valence-corrected chi connectivity index (χ2v) is 3.93. The molecule has 0 spiro atoms. The largest absolute Gasteiger partial charge is 0.365 e. The molecule has 1 amide bonds. The van der Waals surface area contributed by atoms with Gasteiger partial charge in [0.1, 0.15) is 15.7 Å². The molecule has 0 atom stereocenters. The van der Waals surface area contributed by atoms with Gasteiger partial charge in [-0.3, -0.25) is 4.79 Å². The topological polar surface area (TPSA) is 56.0 Å². The summed E-state index contributed by atoms with van der Waals surface area (Å²) in [4.78, 5) is 15.2. The van der Waals surface area contributed by atoms with E-state index in [1.165, 1.54) is 18.3 Å². The zero-order valence-electron chi connectivity index (χ0n) is 7.61. The molecular weight excluding hydrogens is 215 g/mol. The van der Waals surface area contributed by atoms with Crippen molar-refractivity contribution in [3.63, 3.8) is 0 Å². The van der Waals surface area contributed by atoms with Crippen LogP contribution in [0, 0.1) is 5.82 Å². The molecule has 3 nitrogen and oxygen atoms in total. The highest BCUT2D eigenvalue weighted by Gasteiger charge is 2.08. The molecule has 0 aliphatic carbocycles. The highest BCUT2D eigenvalue weighted by Crippen LogP contribution is 2.25. The van der Waals surface area contributed by atoms with E-state index in [0.29, 0.717) is 15.4 Å². The highest BCUT2D eigenvalue weighted by molar-refractivity contribution is 7.16. The molecule has 76 valence electrons. The van der Waals surface area contributed by atoms with Crippen molar-refractivity contribution in [1.29, 1.82) is 0 Å². The van der Waals surface area contributed by atoms with Gasteiger partial charge in [-0.2, -0.15) is 0 Å². The van der Waals surface area contributed by atoms with Crippen LogP contribution >= 0.6 is 11.3 Å². The van der Waals surface area contributed by atoms with Crippen LogP contribution in [-0.2, 0) is 0 Å². The zero-order chi connectivity index (χ0) is 10.8. The van der Waals surface area contributed by atoms with E-state index in [0.717, 1.165) is 11.3 Å². The number of thiazole rings is 1. The number of amides is 1. The number of nitrogens with two attached hydrogens (primary N) is 1. The van der Waals surface area contributed by atoms with Crippen molar-refractivity contribution in [2.75, 3.05) is 0 Å². The summed E-state index contributed by atoms with van der Waals surface area (Å²) in [5, 5.41) is 0.586. The van der Waals surface area contributed by atoms with Crippen LogP contribution in [0.5, 0.6) is 0 Å². The van der Waals surface area contributed by atoms with Crippen molar-refractivity contribution in [3.8, 4) is 10.6 Å². The van der Waals surface area contributed by atoms with E-state index in [-0.39, 0.29) is 5.82 Å². The average Bonchev–Trinajstić information content (AvgIpc) is 2.66. The maximum atomic E-state index is 12.9. The molecule has 1 aromatic carbocycles. The van der Waals surface area contributed by atoms with Gasteiger partial charge in [-0.15, -0.1) is 11.3 Å². The number of primary amides is 1. The monoisotopic (exact) mass is 222 g/mol. The Kier molecular flexibility index (Phi) is 2.47. The van der Waals surface area contributed by atoms with Crippen molar-refractivity contribution in [2.45, 2.75) is 0 Å². The summed E-state index contributed by atoms with van der Waals surface area (Å²) in [5.74, 6) is -0.849. The number of carbonyl (C=O) groups is 1. The predicted octanol–water partition coefficient (Wildman–Crippen LogP) is 2.05. The normalized spacial score (nSPS) is 10.2. The lowest BCUT2D eigenvalue weighted by Gasteiger charge is -1.94. The number of benzene rings is 1. The van der Waals surface area contributed by atoms with Crippen LogP contribution in [0.1, 0.15) is 9.67 Å². The molecule has 5 heteroatoms. The maximum absolute atomic E-state index is 12.9. The molecule has 0 radical (unpaired) electrons. The fraction of sp³-hybridized carbons (Fsp3) is 0. The van der Waals surface area contributed by atoms with Gasteiger partial charge in [0.25, 0.3) is 5.91 Å². The lowest BCUT2D eigenvalue weighted by atomic mass is 10.2. The molecule has 1 heterocycles. The number of halogens is 1.